The van der Waals surface area contributed by atoms with Crippen LogP contribution in [0.3, 0.4) is 0 Å². The largest absolute Gasteiger partial charge is 0.447 e. The van der Waals surface area contributed by atoms with Crippen LogP contribution in [0.1, 0.15) is 0 Å². The van der Waals surface area contributed by atoms with E-state index in [1.165, 1.54) is 0 Å². The van der Waals surface area contributed by atoms with Gasteiger partial charge in [-0.15, -0.1) is 0 Å². The van der Waals surface area contributed by atoms with Crippen molar-refractivity contribution in [2.45, 2.75) is 0 Å². The minimum absolute atomic E-state index is 0.0379. The smallest absolute Gasteiger partial charge is 0.440 e. The average molecular weight is 337 g/mol. The summed E-state index contributed by atoms with van der Waals surface area (Å²) >= 11 is 0. The lowest BCUT2D eigenvalue weighted by molar-refractivity contribution is 0.385. The fourth-order valence-corrected chi connectivity index (χ4v) is 3.00. The summed E-state index contributed by atoms with van der Waals surface area (Å²) in [4.78, 5) is 8.52. The topological polar surface area (TPSA) is 94.4 Å². The van der Waals surface area contributed by atoms with Crippen molar-refractivity contribution in [3.05, 3.63) is 24.8 Å². The predicted molar refractivity (Wildman–Crippen MR) is 102 cm³/mol. The zero-order valence-corrected chi connectivity index (χ0v) is 14.4. The number of nitrogens with one attached hydrogen (secondary N) is 6. The fraction of sp³-hybridized carbons (Fsp3) is 0.500. The first kappa shape index (κ1) is 17.2. The van der Waals surface area contributed by atoms with Gasteiger partial charge in [0.25, 0.3) is 15.1 Å². The molecule has 4 heterocycles. The lowest BCUT2D eigenvalue weighted by Gasteiger charge is -2.36. The molecule has 0 aromatic heterocycles. The van der Waals surface area contributed by atoms with E-state index in [2.05, 4.69) is 50.3 Å². The number of hydrogen-bond donors (Lipinski definition) is 6. The van der Waals surface area contributed by atoms with Gasteiger partial charge in [0.05, 0.1) is 13.3 Å². The van der Waals surface area contributed by atoms with Crippen LogP contribution >= 0.6 is 0 Å². The quantitative estimate of drug-likeness (QED) is 0.278. The molecule has 4 aliphatic heterocycles. The van der Waals surface area contributed by atoms with Crippen LogP contribution in [0.2, 0.25) is 0 Å². The van der Waals surface area contributed by atoms with Gasteiger partial charge in [0.15, 0.2) is 0 Å². The molecule has 0 unspecified atom stereocenters. The van der Waals surface area contributed by atoms with Crippen molar-refractivity contribution in [2.24, 2.45) is 0 Å². The van der Waals surface area contributed by atoms with Gasteiger partial charge in [0.2, 0.25) is 0 Å². The fourth-order valence-electron chi connectivity index (χ4n) is 3.00. The van der Waals surface area contributed by atoms with Gasteiger partial charge >= 0.3 is 28.6 Å². The van der Waals surface area contributed by atoms with E-state index < -0.39 is 0 Å². The summed E-state index contributed by atoms with van der Waals surface area (Å²) in [5.74, 6) is 0. The molecule has 0 atom stereocenters. The summed E-state index contributed by atoms with van der Waals surface area (Å²) < 4.78 is 6.05. The van der Waals surface area contributed by atoms with Crippen molar-refractivity contribution >= 4 is 43.7 Å². The molecule has 0 aliphatic carbocycles. The molecule has 2 saturated heterocycles. The van der Waals surface area contributed by atoms with Gasteiger partial charge < -0.3 is 54.8 Å². The molecule has 4 aliphatic rings. The Morgan fingerprint density at radius 3 is 1.64 bits per heavy atom. The van der Waals surface area contributed by atoms with Crippen LogP contribution in [-0.2, 0) is 4.57 Å². The van der Waals surface area contributed by atoms with Crippen LogP contribution in [0.4, 0.5) is 0 Å². The van der Waals surface area contributed by atoms with E-state index in [-0.39, 0.29) is 28.6 Å². The summed E-state index contributed by atoms with van der Waals surface area (Å²) in [6, 6.07) is 0. The van der Waals surface area contributed by atoms with Crippen molar-refractivity contribution in [3.8, 4) is 0 Å². The van der Waals surface area contributed by atoms with Gasteiger partial charge in [-0.05, 0) is 0 Å². The Morgan fingerprint density at radius 2 is 1.24 bits per heavy atom. The monoisotopic (exact) mass is 338 g/mol. The zero-order chi connectivity index (χ0) is 17.2. The van der Waals surface area contributed by atoms with E-state index in [0.29, 0.717) is 0 Å². The maximum absolute atomic E-state index is 6.05. The molecule has 2 radical (unpaired) electrons. The molecule has 17 heteroatoms. The molecule has 0 aromatic rings. The Balaban J connectivity index is 1.28. The summed E-state index contributed by atoms with van der Waals surface area (Å²) in [6.07, 6.45) is 8.17. The summed E-state index contributed by atoms with van der Waals surface area (Å²) in [5.41, 5.74) is 0. The Hall–Kier alpha value is -1.21. The maximum Gasteiger partial charge on any atom is 0.440 e. The van der Waals surface area contributed by atoms with Crippen LogP contribution < -0.4 is 30.8 Å². The van der Waals surface area contributed by atoms with Crippen molar-refractivity contribution in [2.75, 3.05) is 27.4 Å². The maximum atomic E-state index is 6.05. The molecule has 4 rings (SSSR count). The highest BCUT2D eigenvalue weighted by Gasteiger charge is 2.40. The van der Waals surface area contributed by atoms with E-state index in [9.17, 15) is 0 Å². The van der Waals surface area contributed by atoms with Crippen molar-refractivity contribution < 1.29 is 4.57 Å². The average Bonchev–Trinajstić information content (AvgIpc) is 3.24. The second-order valence-electron chi connectivity index (χ2n) is 6.41. The number of rotatable bonds is 4. The molecular weight excluding hydrogens is 317 g/mol. The third kappa shape index (κ3) is 4.14. The Morgan fingerprint density at radius 1 is 0.760 bits per heavy atom. The highest BCUT2D eigenvalue weighted by Crippen LogP contribution is 2.06. The Labute approximate surface area is 151 Å². The second-order valence-corrected chi connectivity index (χ2v) is 6.41. The Kier molecular flexibility index (Phi) is 5.22. The van der Waals surface area contributed by atoms with Crippen molar-refractivity contribution in [1.29, 1.82) is 0 Å². The molecule has 0 amide bonds. The zero-order valence-electron chi connectivity index (χ0n) is 14.4. The molecule has 0 aromatic carbocycles. The minimum atomic E-state index is -0.334. The highest BCUT2D eigenvalue weighted by atomic mass is 16.4. The van der Waals surface area contributed by atoms with Gasteiger partial charge in [-0.25, -0.2) is 0 Å². The van der Waals surface area contributed by atoms with Crippen molar-refractivity contribution in [3.63, 3.8) is 0 Å². The molecule has 126 valence electrons. The number of hydrogen-bond acceptors (Lipinski definition) is 11. The second kappa shape index (κ2) is 7.58. The predicted octanol–water partition coefficient (Wildman–Crippen LogP) is -5.07. The lowest BCUT2D eigenvalue weighted by atomic mass is 9.67. The Bertz CT molecular complexity index is 486. The molecule has 0 bridgehead atoms. The minimum Gasteiger partial charge on any atom is -0.447 e. The van der Waals surface area contributed by atoms with E-state index in [0.717, 1.165) is 13.3 Å². The first-order valence-electron chi connectivity index (χ1n) is 8.31. The first-order valence-corrected chi connectivity index (χ1v) is 8.31. The highest BCUT2D eigenvalue weighted by molar-refractivity contribution is 6.84. The van der Waals surface area contributed by atoms with Crippen LogP contribution in [-0.4, -0.2) is 90.6 Å². The van der Waals surface area contributed by atoms with Crippen LogP contribution in [0.25, 0.3) is 0 Å². The standard InChI is InChI=1S/C8H20B6N10O/c1-21-3-5-23(7-21)11-15-9-17-13(19-11)25-14-18-10-16-12(20-14)24-6-4-22(2)8-24/h3-6,15-20H,7-8H2,1-2H3. The van der Waals surface area contributed by atoms with E-state index in [1.807, 2.05) is 38.9 Å². The summed E-state index contributed by atoms with van der Waals surface area (Å²) in [5, 5.41) is 19.5. The van der Waals surface area contributed by atoms with Gasteiger partial charge in [-0.1, -0.05) is 0 Å². The summed E-state index contributed by atoms with van der Waals surface area (Å²) in [7, 11) is 6.94. The molecule has 11 nitrogen and oxygen atoms in total. The SMILES string of the molecule is CN1C=CN(B2N[B]NB(OB3N[B]NB(N4C=CN(C)C4)N3)N2)C1. The molecular formula is C8H20B6N10O. The van der Waals surface area contributed by atoms with Gasteiger partial charge in [0, 0.05) is 38.9 Å². The normalized spacial score (nSPS) is 23.8. The lowest BCUT2D eigenvalue weighted by Crippen LogP contribution is -2.80. The van der Waals surface area contributed by atoms with Gasteiger partial charge in [-0.3, -0.25) is 0 Å². The number of nitrogens with zero attached hydrogens (tertiary/aromatic N) is 4. The molecule has 2 fully saturated rings. The summed E-state index contributed by atoms with van der Waals surface area (Å²) in [6.45, 7) is 1.64. The van der Waals surface area contributed by atoms with E-state index in [1.54, 1.807) is 15.1 Å². The first-order chi connectivity index (χ1) is 12.2. The molecule has 6 N–H and O–H groups in total. The van der Waals surface area contributed by atoms with Gasteiger partial charge in [-0.2, -0.15) is 0 Å². The molecule has 0 saturated carbocycles. The molecule has 0 spiro atoms. The third-order valence-electron chi connectivity index (χ3n) is 4.30. The molecule has 25 heavy (non-hydrogen) atoms. The van der Waals surface area contributed by atoms with Crippen LogP contribution in [0, 0.1) is 0 Å². The van der Waals surface area contributed by atoms with E-state index in [4.69, 9.17) is 4.57 Å². The third-order valence-corrected chi connectivity index (χ3v) is 4.30. The van der Waals surface area contributed by atoms with Crippen LogP contribution in [0.5, 0.6) is 0 Å². The van der Waals surface area contributed by atoms with Gasteiger partial charge in [0.1, 0.15) is 0 Å². The van der Waals surface area contributed by atoms with Crippen LogP contribution in [0.15, 0.2) is 24.8 Å². The van der Waals surface area contributed by atoms with Crippen molar-refractivity contribution in [1.82, 2.24) is 50.3 Å². The van der Waals surface area contributed by atoms with E-state index >= 15 is 0 Å².